The molecule has 0 bridgehead atoms. The lowest BCUT2D eigenvalue weighted by Crippen LogP contribution is -1.93. The van der Waals surface area contributed by atoms with Crippen LogP contribution in [0.1, 0.15) is 11.1 Å². The first-order valence-corrected chi connectivity index (χ1v) is 7.17. The van der Waals surface area contributed by atoms with Crippen molar-refractivity contribution in [1.82, 2.24) is 4.57 Å². The smallest absolute Gasteiger partial charge is 0.119 e. The van der Waals surface area contributed by atoms with E-state index in [1.807, 2.05) is 30.5 Å². The van der Waals surface area contributed by atoms with Crippen molar-refractivity contribution in [3.8, 4) is 0 Å². The number of azide groups is 2. The number of benzene rings is 2. The molecule has 24 heavy (non-hydrogen) atoms. The first kappa shape index (κ1) is 15.5. The van der Waals surface area contributed by atoms with E-state index in [0.717, 1.165) is 22.0 Å². The summed E-state index contributed by atoms with van der Waals surface area (Å²) in [5.41, 5.74) is 20.8. The molecule has 0 fully saturated rings. The van der Waals surface area contributed by atoms with Crippen LogP contribution in [-0.2, 0) is 13.2 Å². The highest BCUT2D eigenvalue weighted by Gasteiger charge is 2.09. The van der Waals surface area contributed by atoms with Crippen molar-refractivity contribution in [2.24, 2.45) is 10.2 Å². The van der Waals surface area contributed by atoms with Crippen LogP contribution in [0.2, 0.25) is 0 Å². The van der Waals surface area contributed by atoms with Crippen molar-refractivity contribution in [1.29, 1.82) is 0 Å². The lowest BCUT2D eigenvalue weighted by atomic mass is 10.0. The maximum Gasteiger partial charge on any atom is 0.119 e. The summed E-state index contributed by atoms with van der Waals surface area (Å²) >= 11 is 0. The summed E-state index contributed by atoms with van der Waals surface area (Å²) in [4.78, 5) is 5.55. The standard InChI is InChI=1S/C16H13N7O/c17-21-19-13-6-11(7-14(8-13)20-22-18)5-12-9-23(10-24)16-4-2-1-3-15(12)16/h1-4,6-9,24H,5,10H2. The Morgan fingerprint density at radius 2 is 1.67 bits per heavy atom. The molecule has 0 unspecified atom stereocenters. The van der Waals surface area contributed by atoms with Crippen LogP contribution in [0.25, 0.3) is 31.8 Å². The molecule has 3 aromatic rings. The molecule has 0 saturated carbocycles. The Hall–Kier alpha value is -3.44. The molecule has 0 radical (unpaired) electrons. The number of rotatable bonds is 5. The summed E-state index contributed by atoms with van der Waals surface area (Å²) < 4.78 is 1.76. The number of aliphatic hydroxyl groups is 1. The third-order valence-electron chi connectivity index (χ3n) is 3.70. The Balaban J connectivity index is 2.08. The minimum Gasteiger partial charge on any atom is -0.376 e. The fourth-order valence-corrected chi connectivity index (χ4v) is 2.78. The van der Waals surface area contributed by atoms with Crippen molar-refractivity contribution >= 4 is 22.3 Å². The van der Waals surface area contributed by atoms with E-state index in [1.165, 1.54) is 6.07 Å². The Kier molecular flexibility index (Phi) is 4.36. The summed E-state index contributed by atoms with van der Waals surface area (Å²) in [7, 11) is 0. The summed E-state index contributed by atoms with van der Waals surface area (Å²) in [6, 6.07) is 12.8. The molecule has 0 aliphatic heterocycles. The second-order valence-electron chi connectivity index (χ2n) is 5.20. The number of hydrogen-bond donors (Lipinski definition) is 1. The van der Waals surface area contributed by atoms with E-state index in [4.69, 9.17) is 11.1 Å². The maximum absolute atomic E-state index is 9.50. The molecule has 2 aromatic carbocycles. The quantitative estimate of drug-likeness (QED) is 0.394. The zero-order valence-corrected chi connectivity index (χ0v) is 12.6. The second-order valence-corrected chi connectivity index (χ2v) is 5.20. The zero-order valence-electron chi connectivity index (χ0n) is 12.6. The number of aromatic nitrogens is 1. The first-order chi connectivity index (χ1) is 11.7. The average Bonchev–Trinajstić information content (AvgIpc) is 2.93. The van der Waals surface area contributed by atoms with Gasteiger partial charge in [0.25, 0.3) is 0 Å². The van der Waals surface area contributed by atoms with Gasteiger partial charge in [-0.2, -0.15) is 0 Å². The van der Waals surface area contributed by atoms with Crippen LogP contribution in [0, 0.1) is 0 Å². The van der Waals surface area contributed by atoms with Gasteiger partial charge in [-0.1, -0.05) is 28.4 Å². The minimum atomic E-state index is -0.108. The van der Waals surface area contributed by atoms with E-state index in [9.17, 15) is 5.11 Å². The van der Waals surface area contributed by atoms with Gasteiger partial charge in [-0.15, -0.1) is 0 Å². The van der Waals surface area contributed by atoms with Crippen LogP contribution in [0.3, 0.4) is 0 Å². The highest BCUT2D eigenvalue weighted by atomic mass is 16.3. The van der Waals surface area contributed by atoms with Gasteiger partial charge in [-0.25, -0.2) is 0 Å². The van der Waals surface area contributed by atoms with Crippen molar-refractivity contribution in [2.75, 3.05) is 0 Å². The predicted octanol–water partition coefficient (Wildman–Crippen LogP) is 5.07. The number of nitrogens with zero attached hydrogens (tertiary/aromatic N) is 7. The molecule has 118 valence electrons. The van der Waals surface area contributed by atoms with E-state index in [-0.39, 0.29) is 6.73 Å². The molecule has 0 saturated heterocycles. The summed E-state index contributed by atoms with van der Waals surface area (Å²) in [6.45, 7) is -0.108. The molecule has 0 spiro atoms. The predicted molar refractivity (Wildman–Crippen MR) is 91.0 cm³/mol. The third-order valence-corrected chi connectivity index (χ3v) is 3.70. The fraction of sp³-hybridized carbons (Fsp3) is 0.125. The number of para-hydroxylation sites is 1. The van der Waals surface area contributed by atoms with E-state index in [1.54, 1.807) is 16.7 Å². The Labute approximate surface area is 136 Å². The zero-order chi connectivity index (χ0) is 16.9. The van der Waals surface area contributed by atoms with Crippen LogP contribution < -0.4 is 0 Å². The van der Waals surface area contributed by atoms with Crippen molar-refractivity contribution in [2.45, 2.75) is 13.2 Å². The highest BCUT2D eigenvalue weighted by Crippen LogP contribution is 2.28. The van der Waals surface area contributed by atoms with Gasteiger partial charge in [0, 0.05) is 32.8 Å². The van der Waals surface area contributed by atoms with Crippen LogP contribution in [0.4, 0.5) is 11.4 Å². The van der Waals surface area contributed by atoms with Gasteiger partial charge in [0.1, 0.15) is 6.73 Å². The van der Waals surface area contributed by atoms with Crippen molar-refractivity contribution in [3.05, 3.63) is 80.7 Å². The topological polar surface area (TPSA) is 123 Å². The van der Waals surface area contributed by atoms with Gasteiger partial charge in [0.2, 0.25) is 0 Å². The minimum absolute atomic E-state index is 0.108. The summed E-state index contributed by atoms with van der Waals surface area (Å²) in [5.74, 6) is 0. The van der Waals surface area contributed by atoms with E-state index in [2.05, 4.69) is 20.1 Å². The SMILES string of the molecule is [N-]=[N+]=Nc1cc(Cc2cn(CO)c3ccccc23)cc(N=[N+]=[N-])c1. The lowest BCUT2D eigenvalue weighted by molar-refractivity contribution is 0.215. The van der Waals surface area contributed by atoms with Gasteiger partial charge >= 0.3 is 0 Å². The number of aliphatic hydroxyl groups excluding tert-OH is 1. The number of fused-ring (bicyclic) bond motifs is 1. The van der Waals surface area contributed by atoms with E-state index in [0.29, 0.717) is 17.8 Å². The second kappa shape index (κ2) is 6.76. The van der Waals surface area contributed by atoms with E-state index < -0.39 is 0 Å². The van der Waals surface area contributed by atoms with E-state index >= 15 is 0 Å². The molecule has 3 rings (SSSR count). The molecule has 1 aromatic heterocycles. The lowest BCUT2D eigenvalue weighted by Gasteiger charge is -2.04. The van der Waals surface area contributed by atoms with Gasteiger partial charge < -0.3 is 9.67 Å². The fourth-order valence-electron chi connectivity index (χ4n) is 2.78. The molecule has 0 atom stereocenters. The Morgan fingerprint density at radius 3 is 2.29 bits per heavy atom. The first-order valence-electron chi connectivity index (χ1n) is 7.17. The molecule has 0 aliphatic carbocycles. The van der Waals surface area contributed by atoms with Gasteiger partial charge in [0.15, 0.2) is 0 Å². The number of hydrogen-bond acceptors (Lipinski definition) is 3. The van der Waals surface area contributed by atoms with Gasteiger partial charge in [-0.3, -0.25) is 0 Å². The summed E-state index contributed by atoms with van der Waals surface area (Å²) in [6.07, 6.45) is 2.44. The molecule has 0 amide bonds. The van der Waals surface area contributed by atoms with Crippen molar-refractivity contribution < 1.29 is 5.11 Å². The third kappa shape index (κ3) is 3.02. The monoisotopic (exact) mass is 319 g/mol. The largest absolute Gasteiger partial charge is 0.376 e. The van der Waals surface area contributed by atoms with Gasteiger partial charge in [0.05, 0.1) is 5.52 Å². The molecule has 0 aliphatic rings. The maximum atomic E-state index is 9.50. The molecule has 8 nitrogen and oxygen atoms in total. The molecule has 1 heterocycles. The van der Waals surface area contributed by atoms with Crippen LogP contribution in [0.5, 0.6) is 0 Å². The van der Waals surface area contributed by atoms with Gasteiger partial charge in [-0.05, 0) is 52.9 Å². The average molecular weight is 319 g/mol. The molecule has 1 N–H and O–H groups in total. The van der Waals surface area contributed by atoms with Crippen LogP contribution in [-0.4, -0.2) is 9.67 Å². The highest BCUT2D eigenvalue weighted by molar-refractivity contribution is 5.84. The van der Waals surface area contributed by atoms with Crippen molar-refractivity contribution in [3.63, 3.8) is 0 Å². The Morgan fingerprint density at radius 1 is 1.00 bits per heavy atom. The molecular weight excluding hydrogens is 306 g/mol. The van der Waals surface area contributed by atoms with Crippen LogP contribution >= 0.6 is 0 Å². The Bertz CT molecular complexity index is 959. The molecular formula is C16H13N7O. The summed E-state index contributed by atoms with van der Waals surface area (Å²) in [5, 5.41) is 17.7. The molecule has 8 heteroatoms. The normalized spacial score (nSPS) is 10.2. The van der Waals surface area contributed by atoms with Crippen LogP contribution in [0.15, 0.2) is 58.9 Å².